The Labute approximate surface area is 72.2 Å². The molecule has 1 unspecified atom stereocenters. The number of carboxylic acid groups (broad SMARTS) is 1. The first-order valence-corrected chi connectivity index (χ1v) is 4.32. The molecule has 9 heteroatoms. The first-order chi connectivity index (χ1) is 5.07. The molecule has 0 spiro atoms. The normalized spacial score (nSPS) is 12.5. The summed E-state index contributed by atoms with van der Waals surface area (Å²) in [5.74, 6) is -1.26. The summed E-state index contributed by atoms with van der Waals surface area (Å²) in [5, 5.41) is 18.7. The third kappa shape index (κ3) is 4.83. The van der Waals surface area contributed by atoms with Crippen molar-refractivity contribution in [3.05, 3.63) is 4.91 Å². The number of hydrogen-bond acceptors (Lipinski definition) is 6. The second-order valence-corrected chi connectivity index (χ2v) is 3.30. The van der Waals surface area contributed by atoms with E-state index in [1.807, 2.05) is 0 Å². The predicted molar refractivity (Wildman–Crippen MR) is 28.2 cm³/mol. The summed E-state index contributed by atoms with van der Waals surface area (Å²) >= 11 is -1.36. The van der Waals surface area contributed by atoms with Crippen molar-refractivity contribution in [2.24, 2.45) is 11.0 Å². The number of nitrogens with zero attached hydrogens (tertiary/aromatic N) is 2. The summed E-state index contributed by atoms with van der Waals surface area (Å²) in [4.78, 5) is 19.5. The quantitative estimate of drug-likeness (QED) is 0.130. The van der Waals surface area contributed by atoms with Crippen LogP contribution in [0, 0.1) is 4.91 Å². The Hall–Kier alpha value is -0.520. The molecule has 0 amide bonds. The van der Waals surface area contributed by atoms with E-state index in [1.165, 1.54) is 0 Å². The molecule has 1 atom stereocenters. The maximum atomic E-state index is 10.0. The number of nitrogens with one attached hydrogen (secondary N) is 1. The molecule has 66 valence electrons. The average molecular weight is 277 g/mol. The van der Waals surface area contributed by atoms with Gasteiger partial charge in [0.15, 0.2) is 0 Å². The van der Waals surface area contributed by atoms with E-state index >= 15 is 0 Å². The van der Waals surface area contributed by atoms with Crippen LogP contribution in [0.15, 0.2) is 5.29 Å². The van der Waals surface area contributed by atoms with Crippen molar-refractivity contribution in [2.45, 2.75) is 6.17 Å². The van der Waals surface area contributed by atoms with Crippen LogP contribution in [-0.4, -0.2) is 25.8 Å². The fourth-order valence-corrected chi connectivity index (χ4v) is 1.06. The van der Waals surface area contributed by atoms with Crippen LogP contribution in [0.25, 0.3) is 0 Å². The molecule has 0 aliphatic heterocycles. The summed E-state index contributed by atoms with van der Waals surface area (Å²) < 4.78 is 2.30. The van der Waals surface area contributed by atoms with Crippen LogP contribution in [0.3, 0.4) is 0 Å². The van der Waals surface area contributed by atoms with E-state index in [-0.39, 0.29) is 3.39 Å². The Bertz CT molecular complexity index is 153. The van der Waals surface area contributed by atoms with Crippen LogP contribution < -0.4 is 31.0 Å². The van der Waals surface area contributed by atoms with Crippen LogP contribution in [0.4, 0.5) is 0 Å². The zero-order chi connectivity index (χ0) is 8.85. The number of aliphatic carboxylic acids is 1. The summed E-state index contributed by atoms with van der Waals surface area (Å²) in [6.45, 7) is 0. The fraction of sp³-hybridized carbons (Fsp3) is 0.500. The summed E-state index contributed by atoms with van der Waals surface area (Å²) in [6, 6.07) is 0. The van der Waals surface area contributed by atoms with Crippen molar-refractivity contribution in [2.75, 3.05) is 0 Å². The molecular formula is C2H6IN4O4-. The van der Waals surface area contributed by atoms with Gasteiger partial charge < -0.3 is 0 Å². The van der Waals surface area contributed by atoms with Gasteiger partial charge >= 0.3 is 71.8 Å². The van der Waals surface area contributed by atoms with E-state index in [0.29, 0.717) is 0 Å². The molecule has 8 nitrogen and oxygen atoms in total. The molecular weight excluding hydrogens is 271 g/mol. The number of nitrogens with two attached hydrogens (primary N) is 1. The van der Waals surface area contributed by atoms with Crippen molar-refractivity contribution >= 4 is 5.97 Å². The molecule has 0 aromatic heterocycles. The molecule has 0 aromatic carbocycles. The van der Waals surface area contributed by atoms with Crippen LogP contribution in [-0.2, 0) is 4.79 Å². The molecule has 5 N–H and O–H groups in total. The van der Waals surface area contributed by atoms with E-state index in [0.717, 1.165) is 0 Å². The zero-order valence-corrected chi connectivity index (χ0v) is 7.30. The number of nitroso groups, excluding NO2 is 1. The van der Waals surface area contributed by atoms with Gasteiger partial charge in [-0.25, -0.2) is 0 Å². The molecule has 0 aliphatic carbocycles. The van der Waals surface area contributed by atoms with E-state index in [1.54, 1.807) is 0 Å². The van der Waals surface area contributed by atoms with Gasteiger partial charge in [0, 0.05) is 0 Å². The predicted octanol–water partition coefficient (Wildman–Crippen LogP) is -4.76. The minimum atomic E-state index is -1.36. The van der Waals surface area contributed by atoms with E-state index in [9.17, 15) is 9.70 Å². The van der Waals surface area contributed by atoms with Gasteiger partial charge in [0.05, 0.1) is 0 Å². The molecule has 0 aromatic rings. The second-order valence-electron chi connectivity index (χ2n) is 1.33. The molecule has 0 fully saturated rings. The van der Waals surface area contributed by atoms with Gasteiger partial charge in [-0.2, -0.15) is 0 Å². The molecule has 0 radical (unpaired) electrons. The van der Waals surface area contributed by atoms with E-state index in [4.69, 9.17) is 16.0 Å². The molecule has 0 rings (SSSR count). The standard InChI is InChI=1S/C2H6IN4O4/c4-1(2(8)9)5-3-7(11)6-10/h1,5,11H,4H2,(H,8,9)/q-1. The van der Waals surface area contributed by atoms with Crippen molar-refractivity contribution in [1.82, 2.24) is 6.92 Å². The SMILES string of the molecule is NC(N[I-]N(O)N=O)C(=O)O. The van der Waals surface area contributed by atoms with Crippen LogP contribution >= 0.6 is 0 Å². The molecule has 0 saturated heterocycles. The van der Waals surface area contributed by atoms with Gasteiger partial charge in [-0.1, -0.05) is 0 Å². The fourth-order valence-electron chi connectivity index (χ4n) is 0.158. The van der Waals surface area contributed by atoms with Crippen molar-refractivity contribution in [3.8, 4) is 0 Å². The van der Waals surface area contributed by atoms with Crippen LogP contribution in [0.2, 0.25) is 0 Å². The third-order valence-corrected chi connectivity index (χ3v) is 2.13. The molecule has 0 bridgehead atoms. The Balaban J connectivity index is 3.53. The first kappa shape index (κ1) is 10.5. The van der Waals surface area contributed by atoms with Crippen LogP contribution in [0.1, 0.15) is 0 Å². The summed E-state index contributed by atoms with van der Waals surface area (Å²) in [6.07, 6.45) is -1.28. The van der Waals surface area contributed by atoms with Crippen LogP contribution in [0.5, 0.6) is 0 Å². The summed E-state index contributed by atoms with van der Waals surface area (Å²) in [5.41, 5.74) is 4.95. The van der Waals surface area contributed by atoms with Gasteiger partial charge in [0.1, 0.15) is 0 Å². The second kappa shape index (κ2) is 5.17. The number of carboxylic acids is 1. The van der Waals surface area contributed by atoms with Gasteiger partial charge in [-0.3, -0.25) is 0 Å². The third-order valence-electron chi connectivity index (χ3n) is 0.575. The van der Waals surface area contributed by atoms with E-state index < -0.39 is 33.9 Å². The number of hydrogen-bond donors (Lipinski definition) is 4. The molecule has 0 saturated carbocycles. The Morgan fingerprint density at radius 2 is 2.36 bits per heavy atom. The van der Waals surface area contributed by atoms with Gasteiger partial charge in [0.25, 0.3) is 0 Å². The van der Waals surface area contributed by atoms with Crippen molar-refractivity contribution < 1.29 is 36.9 Å². The van der Waals surface area contributed by atoms with Crippen molar-refractivity contribution in [3.63, 3.8) is 0 Å². The number of halogens is 1. The first-order valence-electron chi connectivity index (χ1n) is 2.28. The number of carbonyl (C=O) groups is 1. The summed E-state index contributed by atoms with van der Waals surface area (Å²) in [7, 11) is 0. The van der Waals surface area contributed by atoms with E-state index in [2.05, 4.69) is 8.82 Å². The average Bonchev–Trinajstić information content (AvgIpc) is 1.99. The zero-order valence-electron chi connectivity index (χ0n) is 5.14. The maximum absolute atomic E-state index is 10.0. The Morgan fingerprint density at radius 3 is 2.73 bits per heavy atom. The molecule has 11 heavy (non-hydrogen) atoms. The Morgan fingerprint density at radius 1 is 1.82 bits per heavy atom. The molecule has 0 aliphatic rings. The minimum absolute atomic E-state index is 0.0989. The van der Waals surface area contributed by atoms with Crippen molar-refractivity contribution in [1.29, 1.82) is 0 Å². The molecule has 0 heterocycles. The van der Waals surface area contributed by atoms with Gasteiger partial charge in [0.2, 0.25) is 0 Å². The number of rotatable bonds is 5. The van der Waals surface area contributed by atoms with Gasteiger partial charge in [-0.15, -0.1) is 0 Å². The Kier molecular flexibility index (Phi) is 4.93. The van der Waals surface area contributed by atoms with Gasteiger partial charge in [-0.05, 0) is 0 Å². The topological polar surface area (TPSA) is 128 Å². The monoisotopic (exact) mass is 277 g/mol.